The zero-order chi connectivity index (χ0) is 32.7. The first-order chi connectivity index (χ1) is 22.1. The molecule has 46 heavy (non-hydrogen) atoms. The number of hydrogen-bond donors (Lipinski definition) is 1. The van der Waals surface area contributed by atoms with Crippen LogP contribution in [0.15, 0.2) is 108 Å². The highest BCUT2D eigenvalue weighted by molar-refractivity contribution is 7.92. The van der Waals surface area contributed by atoms with E-state index in [1.807, 2.05) is 43.3 Å². The van der Waals surface area contributed by atoms with Crippen LogP contribution in [-0.4, -0.2) is 43.8 Å². The fraction of sp³-hybridized carbons (Fsp3) is 0.278. The van der Waals surface area contributed by atoms with E-state index >= 15 is 0 Å². The van der Waals surface area contributed by atoms with Crippen LogP contribution < -0.4 is 9.62 Å². The molecular weight excluding hydrogens is 625 g/mol. The van der Waals surface area contributed by atoms with E-state index in [1.165, 1.54) is 17.0 Å². The van der Waals surface area contributed by atoms with Crippen LogP contribution in [0.25, 0.3) is 0 Å². The first-order valence-electron chi connectivity index (χ1n) is 15.3. The van der Waals surface area contributed by atoms with Gasteiger partial charge in [-0.05, 0) is 79.4 Å². The fourth-order valence-corrected chi connectivity index (χ4v) is 7.35. The number of carbonyl (C=O) groups excluding carboxylic acids is 2. The lowest BCUT2D eigenvalue weighted by Crippen LogP contribution is -2.54. The van der Waals surface area contributed by atoms with Gasteiger partial charge in [-0.1, -0.05) is 84.6 Å². The lowest BCUT2D eigenvalue weighted by atomic mass is 10.0. The van der Waals surface area contributed by atoms with Crippen molar-refractivity contribution in [3.05, 3.63) is 131 Å². The molecule has 0 aromatic heterocycles. The lowest BCUT2D eigenvalue weighted by molar-refractivity contribution is -0.140. The molecule has 1 atom stereocenters. The van der Waals surface area contributed by atoms with Gasteiger partial charge in [0.2, 0.25) is 11.8 Å². The molecule has 0 aliphatic heterocycles. The zero-order valence-electron chi connectivity index (χ0n) is 25.6. The molecule has 10 heteroatoms. The molecule has 1 aliphatic rings. The summed E-state index contributed by atoms with van der Waals surface area (Å²) >= 11 is 6.31. The van der Waals surface area contributed by atoms with Crippen LogP contribution >= 0.6 is 11.6 Å². The number of amides is 2. The van der Waals surface area contributed by atoms with Gasteiger partial charge >= 0.3 is 0 Å². The average Bonchev–Trinajstić information content (AvgIpc) is 3.55. The zero-order valence-corrected chi connectivity index (χ0v) is 27.2. The van der Waals surface area contributed by atoms with Gasteiger partial charge in [0.1, 0.15) is 18.4 Å². The Morgan fingerprint density at radius 3 is 2.20 bits per heavy atom. The largest absolute Gasteiger partial charge is 0.352 e. The van der Waals surface area contributed by atoms with Crippen molar-refractivity contribution >= 4 is 39.1 Å². The second kappa shape index (κ2) is 14.9. The van der Waals surface area contributed by atoms with Crippen LogP contribution in [0.1, 0.15) is 42.4 Å². The highest BCUT2D eigenvalue weighted by atomic mass is 35.5. The Kier molecular flexibility index (Phi) is 10.8. The summed E-state index contributed by atoms with van der Waals surface area (Å²) in [6.07, 6.45) is 3.99. The Morgan fingerprint density at radius 1 is 0.891 bits per heavy atom. The van der Waals surface area contributed by atoms with Crippen LogP contribution in [0.4, 0.5) is 10.1 Å². The number of nitrogens with one attached hydrogen (secondary N) is 1. The lowest BCUT2D eigenvalue weighted by Gasteiger charge is -2.34. The molecule has 240 valence electrons. The quantitative estimate of drug-likeness (QED) is 0.184. The molecule has 1 aliphatic carbocycles. The number of hydrogen-bond acceptors (Lipinski definition) is 4. The van der Waals surface area contributed by atoms with Crippen molar-refractivity contribution in [3.63, 3.8) is 0 Å². The second-order valence-corrected chi connectivity index (χ2v) is 13.9. The monoisotopic (exact) mass is 661 g/mol. The predicted octanol–water partition coefficient (Wildman–Crippen LogP) is 6.68. The normalized spacial score (nSPS) is 14.1. The molecule has 7 nitrogen and oxygen atoms in total. The van der Waals surface area contributed by atoms with E-state index in [0.29, 0.717) is 10.6 Å². The van der Waals surface area contributed by atoms with E-state index in [9.17, 15) is 22.4 Å². The molecule has 4 aromatic carbocycles. The standard InChI is InChI=1S/C36H37ClFN3O4S/c1-26-14-18-32(19-15-26)41(46(44,45)33-20-16-30(38)17-21-33)25-35(42)40(24-28-10-7-11-29(37)22-28)34(23-27-8-3-2-4-9-27)36(43)39-31-12-5-6-13-31/h2-4,7-11,14-22,31,34H,5-6,12-13,23-25H2,1H3,(H,39,43)/t34-/m1/s1. The van der Waals surface area contributed by atoms with Gasteiger partial charge in [-0.3, -0.25) is 13.9 Å². The first-order valence-corrected chi connectivity index (χ1v) is 17.1. The molecule has 0 radical (unpaired) electrons. The number of rotatable bonds is 12. The van der Waals surface area contributed by atoms with E-state index in [4.69, 9.17) is 11.6 Å². The number of halogens is 2. The van der Waals surface area contributed by atoms with Crippen molar-refractivity contribution in [1.82, 2.24) is 10.2 Å². The Hall–Kier alpha value is -4.21. The van der Waals surface area contributed by atoms with Crippen LogP contribution in [0.3, 0.4) is 0 Å². The van der Waals surface area contributed by atoms with Gasteiger partial charge in [0.15, 0.2) is 0 Å². The van der Waals surface area contributed by atoms with Gasteiger partial charge in [-0.25, -0.2) is 12.8 Å². The van der Waals surface area contributed by atoms with Crippen LogP contribution in [0.5, 0.6) is 0 Å². The van der Waals surface area contributed by atoms with Crippen molar-refractivity contribution in [2.45, 2.75) is 62.6 Å². The Morgan fingerprint density at radius 2 is 1.54 bits per heavy atom. The summed E-state index contributed by atoms with van der Waals surface area (Å²) in [5, 5.41) is 3.63. The number of aryl methyl sites for hydroxylation is 1. The highest BCUT2D eigenvalue weighted by Gasteiger charge is 2.35. The number of carbonyl (C=O) groups is 2. The third-order valence-corrected chi connectivity index (χ3v) is 10.2. The summed E-state index contributed by atoms with van der Waals surface area (Å²) in [6, 6.07) is 26.8. The molecule has 1 fully saturated rings. The van der Waals surface area contributed by atoms with Gasteiger partial charge in [-0.15, -0.1) is 0 Å². The molecule has 0 bridgehead atoms. The van der Waals surface area contributed by atoms with Crippen LogP contribution in [-0.2, 0) is 32.6 Å². The third kappa shape index (κ3) is 8.33. The number of sulfonamides is 1. The minimum atomic E-state index is -4.32. The topological polar surface area (TPSA) is 86.8 Å². The molecule has 0 unspecified atom stereocenters. The molecule has 2 amide bonds. The molecule has 1 N–H and O–H groups in total. The second-order valence-electron chi connectivity index (χ2n) is 11.6. The maximum atomic E-state index is 14.5. The van der Waals surface area contributed by atoms with Gasteiger partial charge in [0.05, 0.1) is 10.6 Å². The van der Waals surface area contributed by atoms with Gasteiger partial charge < -0.3 is 10.2 Å². The Labute approximate surface area is 275 Å². The Bertz CT molecular complexity index is 1750. The summed E-state index contributed by atoms with van der Waals surface area (Å²) in [7, 11) is -4.32. The summed E-state index contributed by atoms with van der Waals surface area (Å²) < 4.78 is 42.9. The van der Waals surface area contributed by atoms with E-state index in [2.05, 4.69) is 5.32 Å². The molecule has 0 saturated heterocycles. The number of anilines is 1. The molecule has 0 spiro atoms. The minimum absolute atomic E-state index is 0.0109. The maximum Gasteiger partial charge on any atom is 0.264 e. The van der Waals surface area contributed by atoms with Crippen molar-refractivity contribution in [2.24, 2.45) is 0 Å². The fourth-order valence-electron chi connectivity index (χ4n) is 5.73. The smallest absolute Gasteiger partial charge is 0.264 e. The summed E-state index contributed by atoms with van der Waals surface area (Å²) in [6.45, 7) is 1.30. The maximum absolute atomic E-state index is 14.5. The molecular formula is C36H37ClFN3O4S. The molecule has 1 saturated carbocycles. The van der Waals surface area contributed by atoms with Crippen molar-refractivity contribution in [3.8, 4) is 0 Å². The number of benzene rings is 4. The third-order valence-electron chi connectivity index (χ3n) is 8.22. The summed E-state index contributed by atoms with van der Waals surface area (Å²) in [4.78, 5) is 29.9. The Balaban J connectivity index is 1.56. The SMILES string of the molecule is Cc1ccc(N(CC(=O)N(Cc2cccc(Cl)c2)[C@H](Cc2ccccc2)C(=O)NC2CCCC2)S(=O)(=O)c2ccc(F)cc2)cc1. The molecule has 0 heterocycles. The van der Waals surface area contributed by atoms with E-state index < -0.39 is 34.3 Å². The molecule has 4 aromatic rings. The summed E-state index contributed by atoms with van der Waals surface area (Å²) in [5.41, 5.74) is 2.72. The number of nitrogens with zero attached hydrogens (tertiary/aromatic N) is 2. The van der Waals surface area contributed by atoms with Gasteiger partial charge in [0.25, 0.3) is 10.0 Å². The van der Waals surface area contributed by atoms with Crippen LogP contribution in [0, 0.1) is 12.7 Å². The predicted molar refractivity (Wildman–Crippen MR) is 178 cm³/mol. The molecule has 5 rings (SSSR count). The van der Waals surface area contributed by atoms with Crippen LogP contribution in [0.2, 0.25) is 5.02 Å². The van der Waals surface area contributed by atoms with Gasteiger partial charge in [0, 0.05) is 24.0 Å². The van der Waals surface area contributed by atoms with E-state index in [0.717, 1.165) is 53.2 Å². The van der Waals surface area contributed by atoms with Crippen molar-refractivity contribution < 1.29 is 22.4 Å². The average molecular weight is 662 g/mol. The first kappa shape index (κ1) is 33.2. The minimum Gasteiger partial charge on any atom is -0.352 e. The highest BCUT2D eigenvalue weighted by Crippen LogP contribution is 2.26. The van der Waals surface area contributed by atoms with Gasteiger partial charge in [-0.2, -0.15) is 0 Å². The van der Waals surface area contributed by atoms with E-state index in [-0.39, 0.29) is 35.5 Å². The van der Waals surface area contributed by atoms with E-state index in [1.54, 1.807) is 42.5 Å². The summed E-state index contributed by atoms with van der Waals surface area (Å²) in [5.74, 6) is -1.45. The van der Waals surface area contributed by atoms with Crippen molar-refractivity contribution in [2.75, 3.05) is 10.8 Å². The van der Waals surface area contributed by atoms with Crippen molar-refractivity contribution in [1.29, 1.82) is 0 Å².